The Morgan fingerprint density at radius 2 is 1.89 bits per heavy atom. The number of nitro groups is 1. The Hall–Kier alpha value is -1.45. The Balaban J connectivity index is 3.07. The van der Waals surface area contributed by atoms with Crippen LogP contribution in [0.2, 0.25) is 18.1 Å². The van der Waals surface area contributed by atoms with Gasteiger partial charge in [0.05, 0.1) is 25.3 Å². The maximum Gasteiger partial charge on any atom is 0.410 e. The molecular weight excluding hydrogens is 380 g/mol. The van der Waals surface area contributed by atoms with Gasteiger partial charge in [-0.05, 0) is 44.5 Å². The van der Waals surface area contributed by atoms with E-state index in [-0.39, 0.29) is 31.2 Å². The first kappa shape index (κ1) is 24.6. The average molecular weight is 417 g/mol. The third kappa shape index (κ3) is 7.18. The van der Waals surface area contributed by atoms with E-state index in [9.17, 15) is 20.0 Å². The van der Waals surface area contributed by atoms with Crippen molar-refractivity contribution in [3.05, 3.63) is 21.8 Å². The summed E-state index contributed by atoms with van der Waals surface area (Å²) < 4.78 is 11.8. The molecule has 1 amide bonds. The zero-order valence-corrected chi connectivity index (χ0v) is 19.4. The minimum absolute atomic E-state index is 0.0100. The van der Waals surface area contributed by atoms with Gasteiger partial charge in [0.2, 0.25) is 6.54 Å². The summed E-state index contributed by atoms with van der Waals surface area (Å²) in [6, 6.07) is -0.436. The second-order valence-electron chi connectivity index (χ2n) is 9.84. The van der Waals surface area contributed by atoms with Crippen LogP contribution < -0.4 is 0 Å². The molecule has 0 spiro atoms. The number of ether oxygens (including phenoxy) is 1. The van der Waals surface area contributed by atoms with Gasteiger partial charge < -0.3 is 14.3 Å². The van der Waals surface area contributed by atoms with Crippen LogP contribution in [-0.4, -0.2) is 66.8 Å². The predicted molar refractivity (Wildman–Crippen MR) is 110 cm³/mol. The molecule has 1 heterocycles. The molecule has 0 aromatic carbocycles. The van der Waals surface area contributed by atoms with Crippen molar-refractivity contribution in [3.63, 3.8) is 0 Å². The number of β-amino-alcohol motifs (C(OH)–C–C–N with tert-alkyl or cyclic N) is 1. The molecule has 0 aliphatic carbocycles. The van der Waals surface area contributed by atoms with E-state index < -0.39 is 37.1 Å². The van der Waals surface area contributed by atoms with Gasteiger partial charge >= 0.3 is 6.09 Å². The van der Waals surface area contributed by atoms with Gasteiger partial charge in [-0.1, -0.05) is 26.8 Å². The summed E-state index contributed by atoms with van der Waals surface area (Å²) >= 11 is 0. The molecule has 1 rings (SSSR count). The lowest BCUT2D eigenvalue weighted by Crippen LogP contribution is -2.53. The first-order chi connectivity index (χ1) is 12.5. The van der Waals surface area contributed by atoms with Crippen molar-refractivity contribution in [1.29, 1.82) is 0 Å². The van der Waals surface area contributed by atoms with Crippen LogP contribution in [0.15, 0.2) is 11.6 Å². The number of amides is 1. The van der Waals surface area contributed by atoms with Crippen molar-refractivity contribution in [2.45, 2.75) is 83.8 Å². The lowest BCUT2D eigenvalue weighted by molar-refractivity contribution is -0.479. The molecule has 0 unspecified atom stereocenters. The topological polar surface area (TPSA) is 102 Å². The van der Waals surface area contributed by atoms with Gasteiger partial charge in [-0.2, -0.15) is 0 Å². The van der Waals surface area contributed by atoms with E-state index >= 15 is 0 Å². The second-order valence-corrected chi connectivity index (χ2v) is 14.6. The standard InChI is InChI=1S/C19H36N2O6Si/c1-18(2,3)27-17(23)20-12-16(22)14(9-10-21(24)25)11-15(20)13-26-28(7,8)19(4,5)6/h11,15-16,22H,9-10,12-13H2,1-8H3/t15-,16+/m0/s1. The Morgan fingerprint density at radius 3 is 2.36 bits per heavy atom. The van der Waals surface area contributed by atoms with E-state index in [4.69, 9.17) is 9.16 Å². The van der Waals surface area contributed by atoms with Gasteiger partial charge in [-0.15, -0.1) is 0 Å². The Kier molecular flexibility index (Phi) is 7.83. The number of nitrogens with zero attached hydrogens (tertiary/aromatic N) is 2. The highest BCUT2D eigenvalue weighted by Gasteiger charge is 2.40. The van der Waals surface area contributed by atoms with Gasteiger partial charge in [0.25, 0.3) is 0 Å². The minimum Gasteiger partial charge on any atom is -0.444 e. The molecule has 1 aliphatic rings. The average Bonchev–Trinajstić information content (AvgIpc) is 2.49. The molecule has 0 radical (unpaired) electrons. The number of hydrogen-bond acceptors (Lipinski definition) is 6. The molecule has 1 N–H and O–H groups in total. The van der Waals surface area contributed by atoms with Gasteiger partial charge in [0.15, 0.2) is 8.32 Å². The molecule has 1 aliphatic heterocycles. The first-order valence-electron chi connectivity index (χ1n) is 9.67. The number of aliphatic hydroxyl groups excluding tert-OH is 1. The molecular formula is C19H36N2O6Si. The Labute approximate surface area is 169 Å². The van der Waals surface area contributed by atoms with E-state index in [1.807, 2.05) is 0 Å². The monoisotopic (exact) mass is 416 g/mol. The van der Waals surface area contributed by atoms with Crippen molar-refractivity contribution in [2.75, 3.05) is 19.7 Å². The van der Waals surface area contributed by atoms with Crippen LogP contribution >= 0.6 is 0 Å². The molecule has 0 saturated carbocycles. The zero-order valence-electron chi connectivity index (χ0n) is 18.4. The molecule has 8 nitrogen and oxygen atoms in total. The molecule has 9 heteroatoms. The molecule has 0 bridgehead atoms. The largest absolute Gasteiger partial charge is 0.444 e. The predicted octanol–water partition coefficient (Wildman–Crippen LogP) is 3.58. The molecule has 0 aromatic rings. The van der Waals surface area contributed by atoms with Gasteiger partial charge in [-0.25, -0.2) is 4.79 Å². The number of carbonyl (C=O) groups excluding carboxylic acids is 1. The normalized spacial score (nSPS) is 21.3. The fourth-order valence-electron chi connectivity index (χ4n) is 2.54. The second kappa shape index (κ2) is 8.92. The summed E-state index contributed by atoms with van der Waals surface area (Å²) in [7, 11) is -2.05. The van der Waals surface area contributed by atoms with Gasteiger partial charge in [0.1, 0.15) is 5.60 Å². The number of hydrogen-bond donors (Lipinski definition) is 1. The van der Waals surface area contributed by atoms with Crippen LogP contribution in [0.3, 0.4) is 0 Å². The summed E-state index contributed by atoms with van der Waals surface area (Å²) in [4.78, 5) is 24.4. The SMILES string of the molecule is CC(C)(C)OC(=O)N1C[C@@H](O)C(CC[N+](=O)[O-])=C[C@H]1CO[Si](C)(C)C(C)(C)C. The fourth-order valence-corrected chi connectivity index (χ4v) is 3.56. The van der Waals surface area contributed by atoms with Gasteiger partial charge in [-0.3, -0.25) is 15.0 Å². The highest BCUT2D eigenvalue weighted by molar-refractivity contribution is 6.74. The summed E-state index contributed by atoms with van der Waals surface area (Å²) in [5.74, 6) is 0. The first-order valence-corrected chi connectivity index (χ1v) is 12.6. The van der Waals surface area contributed by atoms with E-state index in [2.05, 4.69) is 33.9 Å². The Bertz CT molecular complexity index is 607. The molecule has 28 heavy (non-hydrogen) atoms. The van der Waals surface area contributed by atoms with Crippen LogP contribution in [0.5, 0.6) is 0 Å². The summed E-state index contributed by atoms with van der Waals surface area (Å²) in [6.07, 6.45) is 0.401. The maximum absolute atomic E-state index is 12.7. The molecule has 0 saturated heterocycles. The van der Waals surface area contributed by atoms with Crippen LogP contribution in [0, 0.1) is 10.1 Å². The van der Waals surface area contributed by atoms with E-state index in [0.717, 1.165) is 0 Å². The summed E-state index contributed by atoms with van der Waals surface area (Å²) in [5.41, 5.74) is -0.0944. The molecule has 2 atom stereocenters. The smallest absolute Gasteiger partial charge is 0.410 e. The third-order valence-electron chi connectivity index (χ3n) is 5.24. The van der Waals surface area contributed by atoms with Crippen LogP contribution in [0.1, 0.15) is 48.0 Å². The van der Waals surface area contributed by atoms with Crippen molar-refractivity contribution >= 4 is 14.4 Å². The highest BCUT2D eigenvalue weighted by Crippen LogP contribution is 2.37. The van der Waals surface area contributed by atoms with Crippen molar-refractivity contribution in [3.8, 4) is 0 Å². The molecule has 162 valence electrons. The van der Waals surface area contributed by atoms with Crippen LogP contribution in [0.4, 0.5) is 4.79 Å². The van der Waals surface area contributed by atoms with E-state index in [1.165, 1.54) is 4.90 Å². The van der Waals surface area contributed by atoms with Crippen molar-refractivity contribution < 1.29 is 24.0 Å². The lowest BCUT2D eigenvalue weighted by Gasteiger charge is -2.41. The minimum atomic E-state index is -2.05. The van der Waals surface area contributed by atoms with Crippen LogP contribution in [0.25, 0.3) is 0 Å². The van der Waals surface area contributed by atoms with Gasteiger partial charge in [0, 0.05) is 11.3 Å². The molecule has 0 aromatic heterocycles. The lowest BCUT2D eigenvalue weighted by atomic mass is 9.97. The van der Waals surface area contributed by atoms with E-state index in [0.29, 0.717) is 5.57 Å². The Morgan fingerprint density at radius 1 is 1.32 bits per heavy atom. The third-order valence-corrected chi connectivity index (χ3v) is 9.74. The number of rotatable bonds is 6. The van der Waals surface area contributed by atoms with Crippen molar-refractivity contribution in [1.82, 2.24) is 4.90 Å². The summed E-state index contributed by atoms with van der Waals surface area (Å²) in [5, 5.41) is 21.1. The zero-order chi connectivity index (χ0) is 21.9. The number of carbonyl (C=O) groups is 1. The number of aliphatic hydroxyl groups is 1. The summed E-state index contributed by atoms with van der Waals surface area (Å²) in [6.45, 7) is 16.0. The highest BCUT2D eigenvalue weighted by atomic mass is 28.4. The fraction of sp³-hybridized carbons (Fsp3) is 0.842. The molecule has 0 fully saturated rings. The quantitative estimate of drug-likeness (QED) is 0.307. The van der Waals surface area contributed by atoms with Crippen molar-refractivity contribution in [2.24, 2.45) is 0 Å². The van der Waals surface area contributed by atoms with Crippen LogP contribution in [-0.2, 0) is 9.16 Å². The van der Waals surface area contributed by atoms with E-state index in [1.54, 1.807) is 26.8 Å². The maximum atomic E-state index is 12.7.